The Morgan fingerprint density at radius 3 is 0.921 bits per heavy atom. The molecule has 6 heteroatoms. The van der Waals surface area contributed by atoms with Crippen LogP contribution in [0.25, 0.3) is 0 Å². The van der Waals surface area contributed by atoms with Gasteiger partial charge in [-0.1, -0.05) is 197 Å². The third-order valence-electron chi connectivity index (χ3n) is 11.5. The minimum absolute atomic E-state index is 0.0860. The average Bonchev–Trinajstić information content (AvgIpc) is 3.28. The maximum atomic E-state index is 12.8. The van der Waals surface area contributed by atoms with Crippen molar-refractivity contribution in [3.05, 3.63) is 60.8 Å². The molecule has 0 saturated heterocycles. The van der Waals surface area contributed by atoms with Gasteiger partial charge < -0.3 is 14.2 Å². The lowest BCUT2D eigenvalue weighted by Crippen LogP contribution is -2.30. The van der Waals surface area contributed by atoms with Crippen LogP contribution in [-0.4, -0.2) is 37.2 Å². The van der Waals surface area contributed by atoms with Gasteiger partial charge in [0.05, 0.1) is 0 Å². The van der Waals surface area contributed by atoms with E-state index in [9.17, 15) is 14.4 Å². The molecule has 0 spiro atoms. The van der Waals surface area contributed by atoms with E-state index in [0.29, 0.717) is 19.3 Å². The molecule has 0 unspecified atom stereocenters. The maximum Gasteiger partial charge on any atom is 0.306 e. The van der Waals surface area contributed by atoms with Crippen LogP contribution in [0.4, 0.5) is 0 Å². The van der Waals surface area contributed by atoms with Crippen LogP contribution in [0, 0.1) is 0 Å². The van der Waals surface area contributed by atoms with E-state index in [-0.39, 0.29) is 31.1 Å². The Kier molecular flexibility index (Phi) is 49.4. The molecule has 0 aliphatic rings. The van der Waals surface area contributed by atoms with Gasteiger partial charge in [0, 0.05) is 19.3 Å². The van der Waals surface area contributed by atoms with Gasteiger partial charge in [0.25, 0.3) is 0 Å². The van der Waals surface area contributed by atoms with Crippen molar-refractivity contribution in [2.24, 2.45) is 0 Å². The van der Waals surface area contributed by atoms with Crippen LogP contribution in [0.2, 0.25) is 0 Å². The molecule has 0 rings (SSSR count). The molecule has 0 heterocycles. The van der Waals surface area contributed by atoms with Crippen molar-refractivity contribution in [2.75, 3.05) is 13.2 Å². The summed E-state index contributed by atoms with van der Waals surface area (Å²) in [6.45, 7) is 6.55. The van der Waals surface area contributed by atoms with Gasteiger partial charge >= 0.3 is 17.9 Å². The summed E-state index contributed by atoms with van der Waals surface area (Å²) in [5.41, 5.74) is 0. The zero-order chi connectivity index (χ0) is 45.8. The van der Waals surface area contributed by atoms with Gasteiger partial charge in [-0.05, 0) is 109 Å². The average molecular weight is 881 g/mol. The monoisotopic (exact) mass is 881 g/mol. The Labute approximate surface area is 390 Å². The van der Waals surface area contributed by atoms with E-state index < -0.39 is 6.10 Å². The van der Waals surface area contributed by atoms with E-state index in [1.54, 1.807) is 0 Å². The minimum atomic E-state index is -0.786. The first-order chi connectivity index (χ1) is 31.0. The first-order valence-corrected chi connectivity index (χ1v) is 26.8. The fourth-order valence-corrected chi connectivity index (χ4v) is 7.38. The molecule has 0 saturated carbocycles. The zero-order valence-corrected chi connectivity index (χ0v) is 41.6. The molecular formula is C57H100O6. The van der Waals surface area contributed by atoms with Gasteiger partial charge in [-0.2, -0.15) is 0 Å². The number of hydrogen-bond donors (Lipinski definition) is 0. The Hall–Kier alpha value is -2.89. The normalized spacial score (nSPS) is 12.5. The number of carbonyl (C=O) groups is 3. The Morgan fingerprint density at radius 2 is 0.571 bits per heavy atom. The van der Waals surface area contributed by atoms with Crippen molar-refractivity contribution >= 4 is 17.9 Å². The molecule has 0 aromatic carbocycles. The molecule has 0 aromatic rings. The molecule has 0 amide bonds. The molecule has 0 aromatic heterocycles. The largest absolute Gasteiger partial charge is 0.462 e. The predicted octanol–water partition coefficient (Wildman–Crippen LogP) is 17.6. The van der Waals surface area contributed by atoms with E-state index in [2.05, 4.69) is 81.5 Å². The molecule has 364 valence electrons. The topological polar surface area (TPSA) is 78.9 Å². The van der Waals surface area contributed by atoms with Crippen molar-refractivity contribution in [2.45, 2.75) is 271 Å². The molecule has 0 aliphatic carbocycles. The van der Waals surface area contributed by atoms with Crippen LogP contribution >= 0.6 is 0 Å². The summed E-state index contributed by atoms with van der Waals surface area (Å²) in [6, 6.07) is 0. The van der Waals surface area contributed by atoms with Crippen molar-refractivity contribution in [1.29, 1.82) is 0 Å². The highest BCUT2D eigenvalue weighted by molar-refractivity contribution is 5.71. The van der Waals surface area contributed by atoms with Crippen LogP contribution in [0.15, 0.2) is 60.8 Å². The third kappa shape index (κ3) is 50.0. The summed E-state index contributed by atoms with van der Waals surface area (Å²) in [7, 11) is 0. The van der Waals surface area contributed by atoms with E-state index in [1.165, 1.54) is 122 Å². The SMILES string of the molecule is CCCCC/C=C\C/C=C\CCCCCCCCCC(=O)OC[C@H](COC(=O)CCCCCCC/C=C\C/C=C\CCCCC)OC(=O)CCCCCCC/C=C\CCCCCC. The van der Waals surface area contributed by atoms with E-state index >= 15 is 0 Å². The summed E-state index contributed by atoms with van der Waals surface area (Å²) in [5.74, 6) is -0.911. The van der Waals surface area contributed by atoms with Crippen molar-refractivity contribution in [3.8, 4) is 0 Å². The van der Waals surface area contributed by atoms with Gasteiger partial charge in [-0.15, -0.1) is 0 Å². The number of carbonyl (C=O) groups excluding carboxylic acids is 3. The first kappa shape index (κ1) is 60.1. The Morgan fingerprint density at radius 1 is 0.317 bits per heavy atom. The van der Waals surface area contributed by atoms with Gasteiger partial charge in [-0.25, -0.2) is 0 Å². The summed E-state index contributed by atoms with van der Waals surface area (Å²) in [6.07, 6.45) is 63.4. The predicted molar refractivity (Wildman–Crippen MR) is 270 cm³/mol. The number of hydrogen-bond acceptors (Lipinski definition) is 6. The molecular weight excluding hydrogens is 781 g/mol. The molecule has 6 nitrogen and oxygen atoms in total. The highest BCUT2D eigenvalue weighted by atomic mass is 16.6. The summed E-state index contributed by atoms with van der Waals surface area (Å²) < 4.78 is 16.8. The molecule has 0 aliphatic heterocycles. The maximum absolute atomic E-state index is 12.8. The number of allylic oxidation sites excluding steroid dienone is 10. The van der Waals surface area contributed by atoms with Gasteiger partial charge in [-0.3, -0.25) is 14.4 Å². The second kappa shape index (κ2) is 51.7. The number of esters is 3. The number of ether oxygens (including phenoxy) is 3. The lowest BCUT2D eigenvalue weighted by molar-refractivity contribution is -0.167. The Bertz CT molecular complexity index is 1150. The van der Waals surface area contributed by atoms with E-state index in [0.717, 1.165) is 103 Å². The number of unbranched alkanes of at least 4 members (excludes halogenated alkanes) is 27. The lowest BCUT2D eigenvalue weighted by atomic mass is 10.1. The van der Waals surface area contributed by atoms with E-state index in [4.69, 9.17) is 14.2 Å². The van der Waals surface area contributed by atoms with Crippen molar-refractivity contribution in [1.82, 2.24) is 0 Å². The van der Waals surface area contributed by atoms with Crippen molar-refractivity contribution < 1.29 is 28.6 Å². The molecule has 63 heavy (non-hydrogen) atoms. The molecule has 0 radical (unpaired) electrons. The first-order valence-electron chi connectivity index (χ1n) is 26.8. The molecule has 0 fully saturated rings. The van der Waals surface area contributed by atoms with E-state index in [1.807, 2.05) is 0 Å². The second-order valence-electron chi connectivity index (χ2n) is 17.8. The van der Waals surface area contributed by atoms with Crippen LogP contribution in [0.3, 0.4) is 0 Å². The van der Waals surface area contributed by atoms with Crippen LogP contribution in [-0.2, 0) is 28.6 Å². The Balaban J connectivity index is 4.41. The van der Waals surface area contributed by atoms with Gasteiger partial charge in [0.15, 0.2) is 6.10 Å². The lowest BCUT2D eigenvalue weighted by Gasteiger charge is -2.18. The zero-order valence-electron chi connectivity index (χ0n) is 41.6. The minimum Gasteiger partial charge on any atom is -0.462 e. The van der Waals surface area contributed by atoms with Crippen LogP contribution < -0.4 is 0 Å². The standard InChI is InChI=1S/C57H100O6/c1-4-7-10-13-16-19-22-25-27-28-30-33-35-38-41-44-47-50-56(59)62-53-54(63-57(60)51-48-45-42-39-36-31-24-21-18-15-12-9-6-3)52-61-55(58)49-46-43-40-37-34-32-29-26-23-20-17-14-11-8-5-2/h16-17,19-21,24-27,29,54H,4-15,18,22-23,28,30-53H2,1-3H3/b19-16-,20-17-,24-21-,27-25-,29-26-/t54-/m0/s1. The molecule has 0 bridgehead atoms. The van der Waals surface area contributed by atoms with Crippen LogP contribution in [0.1, 0.15) is 265 Å². The summed E-state index contributed by atoms with van der Waals surface area (Å²) >= 11 is 0. The molecule has 1 atom stereocenters. The highest BCUT2D eigenvalue weighted by Gasteiger charge is 2.19. The van der Waals surface area contributed by atoms with Crippen LogP contribution in [0.5, 0.6) is 0 Å². The summed E-state index contributed by atoms with van der Waals surface area (Å²) in [5, 5.41) is 0. The molecule has 0 N–H and O–H groups in total. The van der Waals surface area contributed by atoms with Gasteiger partial charge in [0.1, 0.15) is 13.2 Å². The number of rotatable bonds is 48. The second-order valence-corrected chi connectivity index (χ2v) is 17.8. The fourth-order valence-electron chi connectivity index (χ4n) is 7.38. The highest BCUT2D eigenvalue weighted by Crippen LogP contribution is 2.14. The van der Waals surface area contributed by atoms with Gasteiger partial charge in [0.2, 0.25) is 0 Å². The smallest absolute Gasteiger partial charge is 0.306 e. The fraction of sp³-hybridized carbons (Fsp3) is 0.772. The summed E-state index contributed by atoms with van der Waals surface area (Å²) in [4.78, 5) is 38.0. The third-order valence-corrected chi connectivity index (χ3v) is 11.5. The van der Waals surface area contributed by atoms with Crippen molar-refractivity contribution in [3.63, 3.8) is 0 Å². The quantitative estimate of drug-likeness (QED) is 0.0262.